The molecular weight excluding hydrogens is 349 g/mol. The summed E-state index contributed by atoms with van der Waals surface area (Å²) < 4.78 is 64.0. The van der Waals surface area contributed by atoms with Gasteiger partial charge < -0.3 is 5.32 Å². The van der Waals surface area contributed by atoms with Gasteiger partial charge in [-0.25, -0.2) is 16.8 Å². The molecule has 0 spiro atoms. The lowest BCUT2D eigenvalue weighted by molar-refractivity contribution is -0.129. The van der Waals surface area contributed by atoms with Gasteiger partial charge >= 0.3 is 5.92 Å². The summed E-state index contributed by atoms with van der Waals surface area (Å²) in [5.74, 6) is -6.12. The molecule has 0 saturated carbocycles. The number of hydrogen-bond acceptors (Lipinski definition) is 5. The van der Waals surface area contributed by atoms with Crippen LogP contribution in [0.2, 0.25) is 0 Å². The van der Waals surface area contributed by atoms with Gasteiger partial charge in [0.2, 0.25) is 20.0 Å². The number of carbonyl (C=O) groups is 1. The Kier molecular flexibility index (Phi) is 6.22. The highest BCUT2D eigenvalue weighted by molar-refractivity contribution is 7.90. The highest BCUT2D eigenvalue weighted by Crippen LogP contribution is 2.13. The first-order valence-electron chi connectivity index (χ1n) is 6.62. The number of rotatable bonds is 8. The van der Waals surface area contributed by atoms with Crippen molar-refractivity contribution in [1.82, 2.24) is 9.44 Å². The number of para-hydroxylation sites is 1. The number of sulfonamides is 2. The van der Waals surface area contributed by atoms with Gasteiger partial charge in [-0.15, -0.1) is 0 Å². The topological polar surface area (TPSA) is 121 Å². The van der Waals surface area contributed by atoms with Crippen molar-refractivity contribution in [3.8, 4) is 0 Å². The van der Waals surface area contributed by atoms with Crippen LogP contribution in [-0.2, 0) is 24.8 Å². The molecule has 0 unspecified atom stereocenters. The Morgan fingerprint density at radius 2 is 1.43 bits per heavy atom. The minimum absolute atomic E-state index is 0.172. The van der Waals surface area contributed by atoms with Crippen molar-refractivity contribution in [2.75, 3.05) is 16.8 Å². The van der Waals surface area contributed by atoms with Crippen molar-refractivity contribution in [2.24, 2.45) is 0 Å². The normalized spacial score (nSPS) is 12.8. The van der Waals surface area contributed by atoms with Gasteiger partial charge in [0.25, 0.3) is 5.91 Å². The average molecular weight is 367 g/mol. The third-order valence-corrected chi connectivity index (χ3v) is 5.40. The second-order valence-corrected chi connectivity index (χ2v) is 8.51. The van der Waals surface area contributed by atoms with E-state index in [1.165, 1.54) is 35.4 Å². The van der Waals surface area contributed by atoms with Crippen LogP contribution in [0, 0.1) is 0 Å². The van der Waals surface area contributed by atoms with Crippen molar-refractivity contribution in [3.05, 3.63) is 30.3 Å². The molecule has 0 aliphatic heterocycles. The van der Waals surface area contributed by atoms with E-state index in [2.05, 4.69) is 5.32 Å². The molecule has 0 fully saturated rings. The monoisotopic (exact) mass is 367 g/mol. The Hall–Kier alpha value is -1.56. The van der Waals surface area contributed by atoms with Crippen LogP contribution in [-0.4, -0.2) is 40.2 Å². The van der Waals surface area contributed by atoms with Gasteiger partial charge in [-0.1, -0.05) is 18.2 Å². The van der Waals surface area contributed by atoms with Crippen molar-refractivity contribution >= 4 is 31.6 Å². The minimum Gasteiger partial charge on any atom is -0.321 e. The van der Waals surface area contributed by atoms with E-state index in [1.807, 2.05) is 0 Å². The maximum Gasteiger partial charge on any atom is 0.320 e. The van der Waals surface area contributed by atoms with E-state index in [1.54, 1.807) is 18.2 Å². The largest absolute Gasteiger partial charge is 0.321 e. The van der Waals surface area contributed by atoms with Gasteiger partial charge in [0.05, 0.1) is 11.5 Å². The van der Waals surface area contributed by atoms with Crippen LogP contribution in [0.1, 0.15) is 13.8 Å². The molecule has 0 saturated heterocycles. The van der Waals surface area contributed by atoms with Gasteiger partial charge in [0, 0.05) is 5.69 Å². The first kappa shape index (κ1) is 19.5. The summed E-state index contributed by atoms with van der Waals surface area (Å²) >= 11 is 0. The van der Waals surface area contributed by atoms with E-state index in [0.717, 1.165) is 0 Å². The molecule has 0 heterocycles. The molecule has 23 heavy (non-hydrogen) atoms. The summed E-state index contributed by atoms with van der Waals surface area (Å²) in [5.41, 5.74) is 0.172. The fraction of sp³-hybridized carbons (Fsp3) is 0.417. The summed E-state index contributed by atoms with van der Waals surface area (Å²) in [7, 11) is -8.42. The van der Waals surface area contributed by atoms with Crippen LogP contribution in [0.15, 0.2) is 30.3 Å². The van der Waals surface area contributed by atoms with Crippen LogP contribution >= 0.6 is 0 Å². The molecule has 0 aliphatic carbocycles. The van der Waals surface area contributed by atoms with Crippen molar-refractivity contribution < 1.29 is 26.0 Å². The Morgan fingerprint density at radius 1 is 1.00 bits per heavy atom. The molecule has 0 aromatic heterocycles. The SMILES string of the molecule is CCS(=O)(=O)NC(F)(NS(=O)(=O)CC)C(=O)Nc1ccccc1. The highest BCUT2D eigenvalue weighted by Gasteiger charge is 2.45. The Labute approximate surface area is 134 Å². The Bertz CT molecular complexity index is 714. The first-order chi connectivity index (χ1) is 10.5. The van der Waals surface area contributed by atoms with Crippen LogP contribution in [0.3, 0.4) is 0 Å². The molecular formula is C12H18FN3O5S2. The summed E-state index contributed by atoms with van der Waals surface area (Å²) in [6.45, 7) is 2.43. The zero-order valence-corrected chi connectivity index (χ0v) is 14.2. The second kappa shape index (κ2) is 7.34. The van der Waals surface area contributed by atoms with E-state index < -0.39 is 43.4 Å². The van der Waals surface area contributed by atoms with Crippen LogP contribution in [0.25, 0.3) is 0 Å². The van der Waals surface area contributed by atoms with Crippen LogP contribution in [0.4, 0.5) is 10.1 Å². The molecule has 1 amide bonds. The number of anilines is 1. The molecule has 0 bridgehead atoms. The lowest BCUT2D eigenvalue weighted by Gasteiger charge is -2.25. The van der Waals surface area contributed by atoms with Crippen molar-refractivity contribution in [2.45, 2.75) is 19.8 Å². The zero-order chi connectivity index (χ0) is 17.7. The molecule has 8 nitrogen and oxygen atoms in total. The fourth-order valence-electron chi connectivity index (χ4n) is 1.43. The van der Waals surface area contributed by atoms with Crippen molar-refractivity contribution in [1.29, 1.82) is 0 Å². The molecule has 0 atom stereocenters. The molecule has 1 rings (SSSR count). The number of halogens is 1. The quantitative estimate of drug-likeness (QED) is 0.445. The number of alkyl halides is 1. The van der Waals surface area contributed by atoms with E-state index in [0.29, 0.717) is 0 Å². The van der Waals surface area contributed by atoms with Gasteiger partial charge in [-0.05, 0) is 26.0 Å². The van der Waals surface area contributed by atoms with Gasteiger partial charge in [0.1, 0.15) is 0 Å². The lowest BCUT2D eigenvalue weighted by atomic mass is 10.3. The number of nitrogens with one attached hydrogen (secondary N) is 3. The third-order valence-electron chi connectivity index (χ3n) is 2.70. The smallest absolute Gasteiger partial charge is 0.320 e. The average Bonchev–Trinajstić information content (AvgIpc) is 2.47. The van der Waals surface area contributed by atoms with Gasteiger partial charge in [-0.2, -0.15) is 13.8 Å². The molecule has 1 aromatic carbocycles. The van der Waals surface area contributed by atoms with Gasteiger partial charge in [-0.3, -0.25) is 4.79 Å². The van der Waals surface area contributed by atoms with Crippen molar-refractivity contribution in [3.63, 3.8) is 0 Å². The molecule has 0 aliphatic rings. The van der Waals surface area contributed by atoms with E-state index in [4.69, 9.17) is 0 Å². The lowest BCUT2D eigenvalue weighted by Crippen LogP contribution is -2.64. The molecule has 3 N–H and O–H groups in total. The molecule has 130 valence electrons. The predicted molar refractivity (Wildman–Crippen MR) is 84.1 cm³/mol. The Balaban J connectivity index is 3.14. The predicted octanol–water partition coefficient (Wildman–Crippen LogP) is 0.127. The number of carbonyl (C=O) groups excluding carboxylic acids is 1. The summed E-state index contributed by atoms with van der Waals surface area (Å²) in [6, 6.07) is 7.63. The van der Waals surface area contributed by atoms with E-state index in [-0.39, 0.29) is 5.69 Å². The number of hydrogen-bond donors (Lipinski definition) is 3. The Morgan fingerprint density at radius 3 is 1.83 bits per heavy atom. The molecule has 11 heteroatoms. The third kappa shape index (κ3) is 5.86. The minimum atomic E-state index is -4.21. The summed E-state index contributed by atoms with van der Waals surface area (Å²) in [5, 5.41) is 2.11. The zero-order valence-electron chi connectivity index (χ0n) is 12.5. The molecule has 1 aromatic rings. The number of amides is 1. The van der Waals surface area contributed by atoms with Gasteiger partial charge in [0.15, 0.2) is 0 Å². The fourth-order valence-corrected chi connectivity index (χ4v) is 2.92. The van der Waals surface area contributed by atoms with E-state index in [9.17, 15) is 26.0 Å². The summed E-state index contributed by atoms with van der Waals surface area (Å²) in [4.78, 5) is 12.1. The van der Waals surface area contributed by atoms with E-state index >= 15 is 0 Å². The standard InChI is InChI=1S/C12H18FN3O5S2/c1-3-22(18,19)15-12(13,16-23(20,21)4-2)11(17)14-10-8-6-5-7-9-10/h5-9,15-16H,3-4H2,1-2H3,(H,14,17). The highest BCUT2D eigenvalue weighted by atomic mass is 32.2. The van der Waals surface area contributed by atoms with Crippen LogP contribution in [0.5, 0.6) is 0 Å². The second-order valence-electron chi connectivity index (χ2n) is 4.49. The maximum atomic E-state index is 14.8. The molecule has 0 radical (unpaired) electrons. The first-order valence-corrected chi connectivity index (χ1v) is 9.92. The number of benzene rings is 1. The maximum absolute atomic E-state index is 14.8. The van der Waals surface area contributed by atoms with Crippen LogP contribution < -0.4 is 14.8 Å². The summed E-state index contributed by atoms with van der Waals surface area (Å²) in [6.07, 6.45) is 0.